The predicted molar refractivity (Wildman–Crippen MR) is 97.7 cm³/mol. The summed E-state index contributed by atoms with van der Waals surface area (Å²) in [4.78, 5) is 15.7. The predicted octanol–water partition coefficient (Wildman–Crippen LogP) is 4.24. The minimum absolute atomic E-state index is 0.0900. The molecule has 1 aromatic heterocycles. The zero-order chi connectivity index (χ0) is 17.5. The Hall–Kier alpha value is -3.06. The van der Waals surface area contributed by atoms with Gasteiger partial charge in [0, 0.05) is 10.9 Å². The van der Waals surface area contributed by atoms with Gasteiger partial charge in [0.2, 0.25) is 0 Å². The van der Waals surface area contributed by atoms with Crippen LogP contribution in [-0.2, 0) is 0 Å². The van der Waals surface area contributed by atoms with E-state index in [4.69, 9.17) is 5.26 Å². The Morgan fingerprint density at radius 2 is 2.25 bits per heavy atom. The number of aromatic nitrogens is 1. The summed E-state index contributed by atoms with van der Waals surface area (Å²) in [5, 5.41) is 12.9. The minimum atomic E-state index is -0.170. The van der Waals surface area contributed by atoms with Crippen LogP contribution in [0.3, 0.4) is 0 Å². The largest absolute Gasteiger partial charge is 0.351 e. The highest BCUT2D eigenvalue weighted by atomic mass is 16.1. The lowest BCUT2D eigenvalue weighted by Crippen LogP contribution is -2.35. The Morgan fingerprint density at radius 3 is 2.88 bits per heavy atom. The number of nitrogens with one attached hydrogen (secondary N) is 2. The molecule has 2 rings (SSSR count). The molecule has 4 nitrogen and oxygen atoms in total. The number of amides is 1. The van der Waals surface area contributed by atoms with Crippen LogP contribution in [-0.4, -0.2) is 16.9 Å². The maximum absolute atomic E-state index is 12.6. The van der Waals surface area contributed by atoms with E-state index in [1.807, 2.05) is 38.1 Å². The Labute approximate surface area is 142 Å². The van der Waals surface area contributed by atoms with Gasteiger partial charge in [0.15, 0.2) is 0 Å². The molecule has 1 aromatic carbocycles. The van der Waals surface area contributed by atoms with Crippen molar-refractivity contribution in [2.24, 2.45) is 0 Å². The van der Waals surface area contributed by atoms with Crippen LogP contribution >= 0.6 is 0 Å². The number of hydrogen-bond donors (Lipinski definition) is 2. The van der Waals surface area contributed by atoms with Gasteiger partial charge in [0.25, 0.3) is 5.91 Å². The summed E-state index contributed by atoms with van der Waals surface area (Å²) in [7, 11) is 0. The molecule has 0 spiro atoms. The van der Waals surface area contributed by atoms with Crippen LogP contribution in [0, 0.1) is 11.3 Å². The lowest BCUT2D eigenvalue weighted by Gasteiger charge is -2.18. The number of nitrogens with zero attached hydrogens (tertiary/aromatic N) is 1. The van der Waals surface area contributed by atoms with Crippen molar-refractivity contribution < 1.29 is 4.79 Å². The van der Waals surface area contributed by atoms with Crippen molar-refractivity contribution in [3.8, 4) is 6.07 Å². The molecule has 0 aliphatic carbocycles. The van der Waals surface area contributed by atoms with Crippen molar-refractivity contribution in [3.63, 3.8) is 0 Å². The second-order valence-corrected chi connectivity index (χ2v) is 5.43. The Balaban J connectivity index is 2.26. The van der Waals surface area contributed by atoms with Crippen LogP contribution in [0.1, 0.15) is 36.3 Å². The van der Waals surface area contributed by atoms with E-state index in [0.717, 1.165) is 22.9 Å². The molecule has 0 fully saturated rings. The molecule has 122 valence electrons. The first-order valence-electron chi connectivity index (χ1n) is 7.92. The minimum Gasteiger partial charge on any atom is -0.351 e. The third-order valence-corrected chi connectivity index (χ3v) is 3.78. The van der Waals surface area contributed by atoms with Gasteiger partial charge in [-0.1, -0.05) is 37.8 Å². The first-order chi connectivity index (χ1) is 11.6. The van der Waals surface area contributed by atoms with Crippen LogP contribution in [0.2, 0.25) is 0 Å². The monoisotopic (exact) mass is 319 g/mol. The van der Waals surface area contributed by atoms with Gasteiger partial charge in [-0.05, 0) is 43.2 Å². The highest BCUT2D eigenvalue weighted by Crippen LogP contribution is 2.18. The number of fused-ring (bicyclic) bond motifs is 1. The molecule has 2 N–H and O–H groups in total. The number of carbonyl (C=O) groups is 1. The maximum Gasteiger partial charge on any atom is 0.268 e. The summed E-state index contributed by atoms with van der Waals surface area (Å²) >= 11 is 0. The molecule has 1 unspecified atom stereocenters. The molecule has 0 bridgehead atoms. The molecule has 1 atom stereocenters. The summed E-state index contributed by atoms with van der Waals surface area (Å²) in [6.45, 7) is 7.69. The van der Waals surface area contributed by atoms with E-state index >= 15 is 0 Å². The van der Waals surface area contributed by atoms with Crippen molar-refractivity contribution >= 4 is 16.8 Å². The summed E-state index contributed by atoms with van der Waals surface area (Å²) in [5.41, 5.74) is 2.90. The van der Waals surface area contributed by atoms with Gasteiger partial charge in [0.1, 0.15) is 5.69 Å². The van der Waals surface area contributed by atoms with Gasteiger partial charge >= 0.3 is 0 Å². The molecule has 24 heavy (non-hydrogen) atoms. The van der Waals surface area contributed by atoms with Crippen molar-refractivity contribution in [1.82, 2.24) is 10.3 Å². The molecule has 1 amide bonds. The Bertz CT molecular complexity index is 849. The number of nitriles is 1. The first-order valence-corrected chi connectivity index (χ1v) is 7.92. The van der Waals surface area contributed by atoms with Crippen molar-refractivity contribution in [1.29, 1.82) is 5.26 Å². The fraction of sp³-hybridized carbons (Fsp3) is 0.200. The van der Waals surface area contributed by atoms with Gasteiger partial charge in [-0.15, -0.1) is 0 Å². The van der Waals surface area contributed by atoms with Crippen LogP contribution in [0.25, 0.3) is 10.9 Å². The summed E-state index contributed by atoms with van der Waals surface area (Å²) in [6.07, 6.45) is 8.31. The molecular formula is C20H21N3O. The maximum atomic E-state index is 12.6. The first kappa shape index (κ1) is 17.3. The van der Waals surface area contributed by atoms with E-state index in [0.29, 0.717) is 11.3 Å². The van der Waals surface area contributed by atoms with Gasteiger partial charge < -0.3 is 10.3 Å². The lowest BCUT2D eigenvalue weighted by atomic mass is 10.0. The molecule has 1 heterocycles. The lowest BCUT2D eigenvalue weighted by molar-refractivity contribution is 0.0938. The van der Waals surface area contributed by atoms with E-state index in [9.17, 15) is 4.79 Å². The third-order valence-electron chi connectivity index (χ3n) is 3.78. The number of H-pyrrole nitrogens is 1. The number of carbonyl (C=O) groups excluding carboxylic acids is 1. The van der Waals surface area contributed by atoms with E-state index in [-0.39, 0.29) is 11.9 Å². The van der Waals surface area contributed by atoms with Crippen molar-refractivity contribution in [2.75, 3.05) is 0 Å². The van der Waals surface area contributed by atoms with Crippen LogP contribution < -0.4 is 5.32 Å². The highest BCUT2D eigenvalue weighted by Gasteiger charge is 2.16. The normalized spacial score (nSPS) is 13.0. The second kappa shape index (κ2) is 7.98. The molecule has 0 saturated carbocycles. The van der Waals surface area contributed by atoms with Crippen molar-refractivity contribution in [2.45, 2.75) is 26.3 Å². The average molecular weight is 319 g/mol. The van der Waals surface area contributed by atoms with Gasteiger partial charge in [-0.2, -0.15) is 5.26 Å². The summed E-state index contributed by atoms with van der Waals surface area (Å²) in [6, 6.07) is 9.09. The molecule has 0 aliphatic heterocycles. The standard InChI is InChI=1S/C20H21N3O/c1-4-7-15(8-5-2)17(6-3)23-20(24)19-12-16-11-14(13-21)9-10-18(16)22-19/h4-5,7-12,17,22H,1,6H2,2-3H3,(H,23,24)/b8-5-,15-7+. The topological polar surface area (TPSA) is 68.7 Å². The van der Waals surface area contributed by atoms with Crippen LogP contribution in [0.15, 0.2) is 60.7 Å². The molecule has 0 aliphatic rings. The van der Waals surface area contributed by atoms with Crippen LogP contribution in [0.5, 0.6) is 0 Å². The SMILES string of the molecule is C=C/C=C(\C=C/C)C(CC)NC(=O)c1cc2cc(C#N)ccc2[nH]1. The fourth-order valence-electron chi connectivity index (χ4n) is 2.60. The number of rotatable bonds is 6. The molecule has 2 aromatic rings. The average Bonchev–Trinajstić information content (AvgIpc) is 3.02. The smallest absolute Gasteiger partial charge is 0.268 e. The second-order valence-electron chi connectivity index (χ2n) is 5.43. The molecular weight excluding hydrogens is 298 g/mol. The number of benzene rings is 1. The van der Waals surface area contributed by atoms with E-state index in [2.05, 4.69) is 22.9 Å². The molecule has 4 heteroatoms. The quantitative estimate of drug-likeness (QED) is 0.782. The van der Waals surface area contributed by atoms with Gasteiger partial charge in [-0.25, -0.2) is 0 Å². The Kier molecular flexibility index (Phi) is 5.75. The van der Waals surface area contributed by atoms with Gasteiger partial charge in [-0.3, -0.25) is 4.79 Å². The van der Waals surface area contributed by atoms with Gasteiger partial charge in [0.05, 0.1) is 17.7 Å². The summed E-state index contributed by atoms with van der Waals surface area (Å²) < 4.78 is 0. The van der Waals surface area contributed by atoms with E-state index in [1.165, 1.54) is 0 Å². The van der Waals surface area contributed by atoms with E-state index in [1.54, 1.807) is 24.3 Å². The fourth-order valence-corrected chi connectivity index (χ4v) is 2.60. The number of allylic oxidation sites excluding steroid dienone is 3. The number of aromatic amines is 1. The number of hydrogen-bond acceptors (Lipinski definition) is 2. The molecule has 0 saturated heterocycles. The zero-order valence-corrected chi connectivity index (χ0v) is 14.0. The third kappa shape index (κ3) is 3.82. The molecule has 0 radical (unpaired) electrons. The van der Waals surface area contributed by atoms with Crippen molar-refractivity contribution in [3.05, 3.63) is 72.0 Å². The highest BCUT2D eigenvalue weighted by molar-refractivity contribution is 5.98. The summed E-state index contributed by atoms with van der Waals surface area (Å²) in [5.74, 6) is -0.170. The van der Waals surface area contributed by atoms with Crippen LogP contribution in [0.4, 0.5) is 0 Å². The Morgan fingerprint density at radius 1 is 1.46 bits per heavy atom. The zero-order valence-electron chi connectivity index (χ0n) is 14.0. The van der Waals surface area contributed by atoms with E-state index < -0.39 is 0 Å².